The third-order valence-corrected chi connectivity index (χ3v) is 5.69. The van der Waals surface area contributed by atoms with Crippen molar-refractivity contribution in [2.45, 2.75) is 13.3 Å². The molecule has 17 heteroatoms. The molecule has 4 N–H and O–H groups in total. The molecule has 3 rings (SSSR count). The van der Waals surface area contributed by atoms with Gasteiger partial charge in [0.05, 0.1) is 13.2 Å². The molecule has 0 radical (unpaired) electrons. The minimum absolute atomic E-state index is 0.100. The molecule has 0 saturated carbocycles. The first-order valence-electron chi connectivity index (χ1n) is 9.46. The Morgan fingerprint density at radius 3 is 2.09 bits per heavy atom. The Labute approximate surface area is 200 Å². The molecule has 0 aliphatic rings. The monoisotopic (exact) mass is 553 g/mol. The Morgan fingerprint density at radius 1 is 0.800 bits per heavy atom. The first-order chi connectivity index (χ1) is 16.1. The quantitative estimate of drug-likeness (QED) is 0.198. The number of fused-ring (bicyclic) bond motifs is 1. The lowest BCUT2D eigenvalue weighted by Gasteiger charge is -2.10. The van der Waals surface area contributed by atoms with Crippen molar-refractivity contribution >= 4 is 42.1 Å². The molecule has 1 aromatic heterocycles. The summed E-state index contributed by atoms with van der Waals surface area (Å²) < 4.78 is 110. The van der Waals surface area contributed by atoms with Gasteiger partial charge in [0.25, 0.3) is 0 Å². The van der Waals surface area contributed by atoms with Crippen LogP contribution in [0.3, 0.4) is 0 Å². The number of rotatable bonds is 11. The molecule has 1 heterocycles. The van der Waals surface area contributed by atoms with Crippen LogP contribution < -0.4 is 13.1 Å². The number of aromatic nitrogens is 1. The first kappa shape index (κ1) is 26.7. The molecule has 0 bridgehead atoms. The summed E-state index contributed by atoms with van der Waals surface area (Å²) in [6, 6.07) is 8.50. The van der Waals surface area contributed by atoms with Crippen LogP contribution in [0.2, 0.25) is 0 Å². The van der Waals surface area contributed by atoms with Gasteiger partial charge in [-0.2, -0.15) is 25.3 Å². The van der Waals surface area contributed by atoms with E-state index in [9.17, 15) is 25.3 Å². The number of aryl methyl sites for hydroxylation is 1. The van der Waals surface area contributed by atoms with Crippen molar-refractivity contribution in [2.75, 3.05) is 13.2 Å². The molecular formula is C18H19NO13S3. The van der Waals surface area contributed by atoms with E-state index >= 15 is 0 Å². The van der Waals surface area contributed by atoms with Crippen LogP contribution in [0, 0.1) is 6.92 Å². The molecule has 0 spiro atoms. The average Bonchev–Trinajstić information content (AvgIpc) is 3.02. The van der Waals surface area contributed by atoms with Gasteiger partial charge in [0.2, 0.25) is 0 Å². The van der Waals surface area contributed by atoms with Gasteiger partial charge in [-0.25, -0.2) is 4.18 Å². The molecule has 0 aliphatic heterocycles. The largest absolute Gasteiger partial charge is 0.493 e. The van der Waals surface area contributed by atoms with E-state index in [1.807, 2.05) is 0 Å². The molecule has 0 saturated heterocycles. The van der Waals surface area contributed by atoms with E-state index in [2.05, 4.69) is 17.5 Å². The van der Waals surface area contributed by atoms with Gasteiger partial charge in [-0.05, 0) is 48.9 Å². The van der Waals surface area contributed by atoms with Crippen molar-refractivity contribution in [1.82, 2.24) is 4.98 Å². The Balaban J connectivity index is 1.89. The average molecular weight is 554 g/mol. The number of aromatic amines is 1. The highest BCUT2D eigenvalue weighted by Gasteiger charge is 2.20. The zero-order chi connectivity index (χ0) is 26.0. The number of ether oxygens (including phenoxy) is 1. The Kier molecular flexibility index (Phi) is 7.60. The summed E-state index contributed by atoms with van der Waals surface area (Å²) in [7, 11) is -14.6. The lowest BCUT2D eigenvalue weighted by molar-refractivity contribution is 0.229. The second-order valence-corrected chi connectivity index (χ2v) is 10.1. The van der Waals surface area contributed by atoms with E-state index in [1.165, 1.54) is 6.07 Å². The van der Waals surface area contributed by atoms with Gasteiger partial charge >= 0.3 is 31.2 Å². The fraction of sp³-hybridized carbons (Fsp3) is 0.222. The molecule has 0 atom stereocenters. The SMILES string of the molecule is Cc1c(-c2ccc(OS(=O)(=O)O)c(OS(=O)(=O)O)c2)[nH]c2ccc(OCCCOS(=O)(=O)O)cc12. The predicted octanol–water partition coefficient (Wildman–Crippen LogP) is 2.09. The van der Waals surface area contributed by atoms with Gasteiger partial charge in [0.15, 0.2) is 11.5 Å². The molecule has 35 heavy (non-hydrogen) atoms. The van der Waals surface area contributed by atoms with E-state index in [0.717, 1.165) is 12.1 Å². The lowest BCUT2D eigenvalue weighted by Crippen LogP contribution is -2.11. The number of hydrogen-bond acceptors (Lipinski definition) is 10. The Bertz CT molecular complexity index is 1560. The van der Waals surface area contributed by atoms with Crippen molar-refractivity contribution in [2.24, 2.45) is 0 Å². The van der Waals surface area contributed by atoms with Crippen LogP contribution in [-0.4, -0.2) is 57.1 Å². The minimum Gasteiger partial charge on any atom is -0.493 e. The molecule has 0 amide bonds. The highest BCUT2D eigenvalue weighted by molar-refractivity contribution is 7.81. The van der Waals surface area contributed by atoms with Crippen LogP contribution >= 0.6 is 0 Å². The summed E-state index contributed by atoms with van der Waals surface area (Å²) in [5.74, 6) is -0.932. The Morgan fingerprint density at radius 2 is 1.46 bits per heavy atom. The summed E-state index contributed by atoms with van der Waals surface area (Å²) in [5.41, 5.74) is 2.15. The van der Waals surface area contributed by atoms with Gasteiger partial charge in [0.1, 0.15) is 5.75 Å². The van der Waals surface area contributed by atoms with Crippen molar-refractivity contribution in [1.29, 1.82) is 0 Å². The predicted molar refractivity (Wildman–Crippen MR) is 120 cm³/mol. The van der Waals surface area contributed by atoms with E-state index in [0.29, 0.717) is 33.5 Å². The van der Waals surface area contributed by atoms with Crippen LogP contribution in [0.25, 0.3) is 22.2 Å². The van der Waals surface area contributed by atoms with Crippen molar-refractivity contribution in [3.05, 3.63) is 42.0 Å². The zero-order valence-electron chi connectivity index (χ0n) is 17.7. The maximum Gasteiger partial charge on any atom is 0.446 e. The summed E-state index contributed by atoms with van der Waals surface area (Å²) in [5, 5.41) is 0.710. The van der Waals surface area contributed by atoms with Gasteiger partial charge in [-0.1, -0.05) is 0 Å². The molecule has 192 valence electrons. The van der Waals surface area contributed by atoms with Gasteiger partial charge in [-0.3, -0.25) is 13.7 Å². The van der Waals surface area contributed by atoms with Gasteiger partial charge in [-0.15, -0.1) is 0 Å². The highest BCUT2D eigenvalue weighted by atomic mass is 32.3. The van der Waals surface area contributed by atoms with Crippen LogP contribution in [0.1, 0.15) is 12.0 Å². The Hall–Kier alpha value is -2.93. The molecule has 14 nitrogen and oxygen atoms in total. The second-order valence-electron chi connectivity index (χ2n) is 6.97. The van der Waals surface area contributed by atoms with Gasteiger partial charge in [0, 0.05) is 28.6 Å². The van der Waals surface area contributed by atoms with E-state index in [4.69, 9.17) is 18.4 Å². The smallest absolute Gasteiger partial charge is 0.446 e. The third kappa shape index (κ3) is 7.79. The van der Waals surface area contributed by atoms with Crippen molar-refractivity contribution < 1.29 is 56.2 Å². The molecule has 0 unspecified atom stereocenters. The number of benzene rings is 2. The number of hydrogen-bond donors (Lipinski definition) is 4. The maximum absolute atomic E-state index is 11.2. The van der Waals surface area contributed by atoms with Crippen molar-refractivity contribution in [3.63, 3.8) is 0 Å². The summed E-state index contributed by atoms with van der Waals surface area (Å²) in [6.45, 7) is 1.58. The molecule has 3 aromatic rings. The van der Waals surface area contributed by atoms with E-state index in [-0.39, 0.29) is 19.6 Å². The molecule has 0 aliphatic carbocycles. The van der Waals surface area contributed by atoms with Crippen LogP contribution in [0.4, 0.5) is 0 Å². The van der Waals surface area contributed by atoms with Crippen LogP contribution in [0.15, 0.2) is 36.4 Å². The number of nitrogens with one attached hydrogen (secondary N) is 1. The van der Waals surface area contributed by atoms with Crippen LogP contribution in [0.5, 0.6) is 17.2 Å². The molecule has 2 aromatic carbocycles. The topological polar surface area (TPSA) is 216 Å². The molecular weight excluding hydrogens is 534 g/mol. The highest BCUT2D eigenvalue weighted by Crippen LogP contribution is 2.37. The summed E-state index contributed by atoms with van der Waals surface area (Å²) in [4.78, 5) is 3.11. The fourth-order valence-electron chi connectivity index (χ4n) is 3.12. The standard InChI is InChI=1S/C18H19NO13S3/c1-11-14-10-13(29-7-2-8-30-33(20,21)22)4-5-15(14)19-18(11)12-3-6-16(31-34(23,24)25)17(9-12)32-35(26,27)28/h3-6,9-10,19H,2,7-8H2,1H3,(H,20,21,22)(H,23,24,25)(H,26,27,28). The lowest BCUT2D eigenvalue weighted by atomic mass is 10.1. The van der Waals surface area contributed by atoms with E-state index < -0.39 is 42.7 Å². The summed E-state index contributed by atoms with van der Waals surface area (Å²) in [6.07, 6.45) is 0.184. The van der Waals surface area contributed by atoms with Crippen LogP contribution in [-0.2, 0) is 35.4 Å². The molecule has 0 fully saturated rings. The van der Waals surface area contributed by atoms with Gasteiger partial charge < -0.3 is 18.1 Å². The fourth-order valence-corrected chi connectivity index (χ4v) is 4.17. The van der Waals surface area contributed by atoms with E-state index in [1.54, 1.807) is 25.1 Å². The summed E-state index contributed by atoms with van der Waals surface area (Å²) >= 11 is 0. The minimum atomic E-state index is -5.06. The third-order valence-electron chi connectivity index (χ3n) is 4.44. The maximum atomic E-state index is 11.2. The normalized spacial score (nSPS) is 12.6. The first-order valence-corrected chi connectivity index (χ1v) is 13.6. The number of H-pyrrole nitrogens is 1. The van der Waals surface area contributed by atoms with Crippen molar-refractivity contribution in [3.8, 4) is 28.5 Å². The second kappa shape index (κ2) is 9.97. The zero-order valence-corrected chi connectivity index (χ0v) is 20.2.